The van der Waals surface area contributed by atoms with E-state index in [1.54, 1.807) is 7.05 Å². The molecule has 1 unspecified atom stereocenters. The molecule has 0 radical (unpaired) electrons. The van der Waals surface area contributed by atoms with Gasteiger partial charge in [-0.05, 0) is 84.0 Å². The van der Waals surface area contributed by atoms with Gasteiger partial charge in [0.05, 0.1) is 5.57 Å². The molecule has 40 heavy (non-hydrogen) atoms. The van der Waals surface area contributed by atoms with E-state index in [1.165, 1.54) is 0 Å². The van der Waals surface area contributed by atoms with Gasteiger partial charge in [-0.25, -0.2) is 4.79 Å². The first kappa shape index (κ1) is 29.1. The second kappa shape index (κ2) is 8.55. The number of ketones is 2. The number of urea groups is 1. The number of rotatable bonds is 2. The SMILES string of the molecule is CNC(=O)NC[C@]12CCC(C)(C)C[C@@]1(C)[C@H]1C(=O)C=C3[C@@]4(C)C=C(C#N)C(=O)C(C)(C)C4CC[C@@]3(C)[C@]1(C)CC2. The topological polar surface area (TPSA) is 99.1 Å². The van der Waals surface area contributed by atoms with Crippen LogP contribution < -0.4 is 10.6 Å². The zero-order valence-corrected chi connectivity index (χ0v) is 26.1. The van der Waals surface area contributed by atoms with Gasteiger partial charge in [-0.3, -0.25) is 9.59 Å². The Morgan fingerprint density at radius 1 is 0.975 bits per heavy atom. The third-order valence-corrected chi connectivity index (χ3v) is 13.5. The fourth-order valence-electron chi connectivity index (χ4n) is 11.3. The summed E-state index contributed by atoms with van der Waals surface area (Å²) in [6.45, 7) is 18.5. The zero-order chi connectivity index (χ0) is 29.7. The molecule has 6 heteroatoms. The zero-order valence-electron chi connectivity index (χ0n) is 26.1. The van der Waals surface area contributed by atoms with E-state index in [-0.39, 0.29) is 62.1 Å². The molecule has 3 fully saturated rings. The van der Waals surface area contributed by atoms with Crippen LogP contribution in [0.5, 0.6) is 0 Å². The van der Waals surface area contributed by atoms with Crippen molar-refractivity contribution in [2.24, 2.45) is 49.7 Å². The van der Waals surface area contributed by atoms with E-state index < -0.39 is 10.8 Å². The van der Waals surface area contributed by atoms with Gasteiger partial charge in [0.1, 0.15) is 6.07 Å². The van der Waals surface area contributed by atoms with Crippen molar-refractivity contribution in [3.8, 4) is 6.07 Å². The second-order valence-electron chi connectivity index (χ2n) is 16.2. The third-order valence-electron chi connectivity index (χ3n) is 13.5. The number of hydrogen-bond donors (Lipinski definition) is 2. The molecule has 218 valence electrons. The van der Waals surface area contributed by atoms with E-state index in [9.17, 15) is 19.6 Å². The molecule has 0 aromatic rings. The van der Waals surface area contributed by atoms with Gasteiger partial charge in [0.25, 0.3) is 0 Å². The van der Waals surface area contributed by atoms with Gasteiger partial charge in [0, 0.05) is 30.3 Å². The Labute approximate surface area is 240 Å². The third kappa shape index (κ3) is 3.48. The summed E-state index contributed by atoms with van der Waals surface area (Å²) >= 11 is 0. The van der Waals surface area contributed by atoms with Crippen LogP contribution in [-0.4, -0.2) is 31.2 Å². The molecule has 0 aliphatic heterocycles. The molecule has 2 N–H and O–H groups in total. The first-order valence-corrected chi connectivity index (χ1v) is 15.3. The molecular weight excluding hydrogens is 498 g/mol. The van der Waals surface area contributed by atoms with Crippen molar-refractivity contribution >= 4 is 17.6 Å². The van der Waals surface area contributed by atoms with Crippen LogP contribution in [0.3, 0.4) is 0 Å². The van der Waals surface area contributed by atoms with Crippen molar-refractivity contribution in [1.29, 1.82) is 5.26 Å². The summed E-state index contributed by atoms with van der Waals surface area (Å²) in [7, 11) is 1.65. The molecule has 0 aromatic heterocycles. The Hall–Kier alpha value is -2.42. The summed E-state index contributed by atoms with van der Waals surface area (Å²) in [6.07, 6.45) is 10.6. The highest BCUT2D eigenvalue weighted by Gasteiger charge is 2.73. The molecule has 5 rings (SSSR count). The molecular formula is C34H49N3O3. The summed E-state index contributed by atoms with van der Waals surface area (Å²) in [5, 5.41) is 15.8. The van der Waals surface area contributed by atoms with Crippen LogP contribution in [0.25, 0.3) is 0 Å². The minimum atomic E-state index is -0.663. The normalized spacial score (nSPS) is 44.9. The van der Waals surface area contributed by atoms with Crippen LogP contribution in [0.4, 0.5) is 4.79 Å². The number of carbonyl (C=O) groups is 3. The van der Waals surface area contributed by atoms with Crippen LogP contribution in [0.2, 0.25) is 0 Å². The van der Waals surface area contributed by atoms with E-state index >= 15 is 0 Å². The first-order valence-electron chi connectivity index (χ1n) is 15.3. The van der Waals surface area contributed by atoms with E-state index in [4.69, 9.17) is 0 Å². The molecule has 0 spiro atoms. The highest BCUT2D eigenvalue weighted by atomic mass is 16.2. The number of Topliss-reactive ketones (excluding diaryl/α,β-unsaturated/α-hetero) is 1. The van der Waals surface area contributed by atoms with Gasteiger partial charge in [0.2, 0.25) is 0 Å². The van der Waals surface area contributed by atoms with Crippen LogP contribution in [0.1, 0.15) is 100 Å². The van der Waals surface area contributed by atoms with E-state index in [0.717, 1.165) is 50.5 Å². The fraction of sp³-hybridized carbons (Fsp3) is 0.765. The fourth-order valence-corrected chi connectivity index (χ4v) is 11.3. The molecule has 3 saturated carbocycles. The van der Waals surface area contributed by atoms with Gasteiger partial charge in [0.15, 0.2) is 11.6 Å². The number of allylic oxidation sites excluding steroid dienone is 4. The van der Waals surface area contributed by atoms with Gasteiger partial charge in [-0.1, -0.05) is 67.0 Å². The van der Waals surface area contributed by atoms with Crippen molar-refractivity contribution in [2.75, 3.05) is 13.6 Å². The Kier molecular flexibility index (Phi) is 6.22. The Balaban J connectivity index is 1.69. The maximum absolute atomic E-state index is 14.7. The molecule has 7 atom stereocenters. The number of hydrogen-bond acceptors (Lipinski definition) is 4. The average Bonchev–Trinajstić information content (AvgIpc) is 2.86. The lowest BCUT2D eigenvalue weighted by Gasteiger charge is -2.72. The van der Waals surface area contributed by atoms with Crippen molar-refractivity contribution in [2.45, 2.75) is 100 Å². The Bertz CT molecular complexity index is 1290. The number of amides is 2. The van der Waals surface area contributed by atoms with Crippen molar-refractivity contribution in [3.05, 3.63) is 23.3 Å². The molecule has 0 aromatic carbocycles. The predicted molar refractivity (Wildman–Crippen MR) is 156 cm³/mol. The Morgan fingerprint density at radius 2 is 1.62 bits per heavy atom. The highest BCUT2D eigenvalue weighted by Crippen LogP contribution is 2.77. The largest absolute Gasteiger partial charge is 0.341 e. The molecule has 0 saturated heterocycles. The number of nitrogens with zero attached hydrogens (tertiary/aromatic N) is 1. The predicted octanol–water partition coefficient (Wildman–Crippen LogP) is 6.53. The van der Waals surface area contributed by atoms with Crippen LogP contribution >= 0.6 is 0 Å². The molecule has 0 bridgehead atoms. The lowest BCUT2D eigenvalue weighted by molar-refractivity contribution is -0.204. The maximum atomic E-state index is 14.7. The van der Waals surface area contributed by atoms with Gasteiger partial charge in [-0.2, -0.15) is 5.26 Å². The minimum absolute atomic E-state index is 0.0421. The number of nitriles is 1. The quantitative estimate of drug-likeness (QED) is 0.411. The van der Waals surface area contributed by atoms with Crippen molar-refractivity contribution in [3.63, 3.8) is 0 Å². The second-order valence-corrected chi connectivity index (χ2v) is 16.2. The van der Waals surface area contributed by atoms with E-state index in [0.29, 0.717) is 6.54 Å². The minimum Gasteiger partial charge on any atom is -0.341 e. The number of fused-ring (bicyclic) bond motifs is 7. The van der Waals surface area contributed by atoms with Crippen molar-refractivity contribution in [1.82, 2.24) is 10.6 Å². The summed E-state index contributed by atoms with van der Waals surface area (Å²) in [5.74, 6) is 0.00507. The molecule has 5 aliphatic rings. The monoisotopic (exact) mass is 547 g/mol. The first-order chi connectivity index (χ1) is 18.4. The number of nitrogens with one attached hydrogen (secondary N) is 2. The summed E-state index contributed by atoms with van der Waals surface area (Å²) in [6, 6.07) is 2.03. The molecule has 0 heterocycles. The van der Waals surface area contributed by atoms with Crippen LogP contribution in [0.15, 0.2) is 23.3 Å². The van der Waals surface area contributed by atoms with E-state index in [2.05, 4.69) is 58.2 Å². The van der Waals surface area contributed by atoms with Gasteiger partial charge in [-0.15, -0.1) is 0 Å². The molecule has 6 nitrogen and oxygen atoms in total. The van der Waals surface area contributed by atoms with E-state index in [1.807, 2.05) is 26.0 Å². The molecule has 5 aliphatic carbocycles. The molecule has 2 amide bonds. The number of carbonyl (C=O) groups excluding carboxylic acids is 3. The van der Waals surface area contributed by atoms with Crippen LogP contribution in [-0.2, 0) is 9.59 Å². The highest BCUT2D eigenvalue weighted by molar-refractivity contribution is 6.04. The van der Waals surface area contributed by atoms with Gasteiger partial charge >= 0.3 is 6.03 Å². The summed E-state index contributed by atoms with van der Waals surface area (Å²) < 4.78 is 0. The lowest BCUT2D eigenvalue weighted by atomic mass is 9.31. The summed E-state index contributed by atoms with van der Waals surface area (Å²) in [5.41, 5.74) is -0.659. The maximum Gasteiger partial charge on any atom is 0.314 e. The smallest absolute Gasteiger partial charge is 0.314 e. The standard InChI is InChI=1S/C34H49N3O3/c1-28(2)12-14-34(20-37-27(40)36-9)15-13-32(7)25(33(34,8)19-28)22(38)16-24-30(5)17-21(18-35)26(39)29(3,4)23(30)10-11-31(24,32)6/h16-17,23,25H,10-15,19-20H2,1-9H3,(H2,36,37,40)/t23?,25-,30-,31+,32+,33-,34+/m0/s1. The average molecular weight is 548 g/mol. The lowest BCUT2D eigenvalue weighted by Crippen LogP contribution is -2.69. The summed E-state index contributed by atoms with van der Waals surface area (Å²) in [4.78, 5) is 40.3. The van der Waals surface area contributed by atoms with Crippen LogP contribution in [0, 0.1) is 61.1 Å². The van der Waals surface area contributed by atoms with Gasteiger partial charge < -0.3 is 10.6 Å². The van der Waals surface area contributed by atoms with Crippen molar-refractivity contribution < 1.29 is 14.4 Å². The Morgan fingerprint density at radius 3 is 2.25 bits per heavy atom.